The highest BCUT2D eigenvalue weighted by molar-refractivity contribution is 5.74. The van der Waals surface area contributed by atoms with Gasteiger partial charge in [-0.1, -0.05) is 13.8 Å². The Bertz CT molecular complexity index is 348. The van der Waals surface area contributed by atoms with E-state index in [0.29, 0.717) is 19.0 Å². The van der Waals surface area contributed by atoms with Gasteiger partial charge < -0.3 is 20.5 Å². The minimum Gasteiger partial charge on any atom is -0.481 e. The predicted molar refractivity (Wildman–Crippen MR) is 80.2 cm³/mol. The van der Waals surface area contributed by atoms with Crippen LogP contribution in [0.3, 0.4) is 0 Å². The molecule has 6 heteroatoms. The number of amides is 2. The first-order chi connectivity index (χ1) is 9.87. The summed E-state index contributed by atoms with van der Waals surface area (Å²) in [6.45, 7) is 4.99. The van der Waals surface area contributed by atoms with Gasteiger partial charge >= 0.3 is 12.0 Å². The number of rotatable bonds is 9. The third-order valence-electron chi connectivity index (χ3n) is 4.09. The van der Waals surface area contributed by atoms with E-state index < -0.39 is 5.97 Å². The van der Waals surface area contributed by atoms with Crippen LogP contribution in [0.25, 0.3) is 0 Å². The predicted octanol–water partition coefficient (Wildman–Crippen LogP) is 1.99. The summed E-state index contributed by atoms with van der Waals surface area (Å²) in [5.41, 5.74) is -0.199. The fraction of sp³-hybridized carbons (Fsp3) is 0.867. The van der Waals surface area contributed by atoms with Crippen molar-refractivity contribution < 1.29 is 19.4 Å². The molecule has 2 amide bonds. The van der Waals surface area contributed by atoms with E-state index in [9.17, 15) is 9.59 Å². The molecule has 3 N–H and O–H groups in total. The maximum Gasteiger partial charge on any atom is 0.314 e. The van der Waals surface area contributed by atoms with Gasteiger partial charge in [-0.15, -0.1) is 0 Å². The minimum absolute atomic E-state index is 0.0339. The van der Waals surface area contributed by atoms with Crippen LogP contribution in [0.15, 0.2) is 0 Å². The lowest BCUT2D eigenvalue weighted by atomic mass is 9.80. The van der Waals surface area contributed by atoms with Crippen molar-refractivity contribution in [2.45, 2.75) is 51.6 Å². The van der Waals surface area contributed by atoms with Gasteiger partial charge in [0, 0.05) is 26.6 Å². The summed E-state index contributed by atoms with van der Waals surface area (Å²) in [5, 5.41) is 14.5. The summed E-state index contributed by atoms with van der Waals surface area (Å²) < 4.78 is 5.43. The van der Waals surface area contributed by atoms with E-state index in [1.165, 1.54) is 0 Å². The molecule has 0 spiro atoms. The molecule has 0 heterocycles. The Balaban J connectivity index is 2.30. The molecule has 122 valence electrons. The highest BCUT2D eigenvalue weighted by Gasteiger charge is 2.37. The number of ether oxygens (including phenoxy) is 1. The number of methoxy groups -OCH3 is 1. The van der Waals surface area contributed by atoms with Crippen molar-refractivity contribution in [2.24, 2.45) is 11.8 Å². The second-order valence-corrected chi connectivity index (χ2v) is 6.40. The summed E-state index contributed by atoms with van der Waals surface area (Å²) >= 11 is 0. The third-order valence-corrected chi connectivity index (χ3v) is 4.09. The molecule has 0 aromatic heterocycles. The van der Waals surface area contributed by atoms with Gasteiger partial charge in [0.1, 0.15) is 0 Å². The molecule has 1 fully saturated rings. The summed E-state index contributed by atoms with van der Waals surface area (Å²) in [6.07, 6.45) is 3.94. The first-order valence-corrected chi connectivity index (χ1v) is 7.65. The normalized spacial score (nSPS) is 17.9. The lowest BCUT2D eigenvalue weighted by molar-refractivity contribution is -0.138. The molecule has 0 unspecified atom stereocenters. The fourth-order valence-electron chi connectivity index (χ4n) is 2.72. The van der Waals surface area contributed by atoms with E-state index in [4.69, 9.17) is 9.84 Å². The van der Waals surface area contributed by atoms with Gasteiger partial charge in [-0.25, -0.2) is 4.79 Å². The summed E-state index contributed by atoms with van der Waals surface area (Å²) in [4.78, 5) is 22.6. The van der Waals surface area contributed by atoms with Crippen molar-refractivity contribution in [1.82, 2.24) is 10.6 Å². The number of carboxylic acid groups (broad SMARTS) is 1. The molecule has 0 saturated heterocycles. The Morgan fingerprint density at radius 2 is 1.95 bits per heavy atom. The van der Waals surface area contributed by atoms with E-state index >= 15 is 0 Å². The molecule has 0 aliphatic heterocycles. The van der Waals surface area contributed by atoms with Crippen LogP contribution < -0.4 is 10.6 Å². The van der Waals surface area contributed by atoms with Gasteiger partial charge in [-0.3, -0.25) is 4.79 Å². The van der Waals surface area contributed by atoms with Crippen molar-refractivity contribution in [3.05, 3.63) is 0 Å². The number of hydrogen-bond donors (Lipinski definition) is 3. The quantitative estimate of drug-likeness (QED) is 0.607. The average Bonchev–Trinajstić information content (AvgIpc) is 2.34. The molecule has 6 nitrogen and oxygen atoms in total. The first kappa shape index (κ1) is 17.8. The van der Waals surface area contributed by atoms with E-state index in [2.05, 4.69) is 10.6 Å². The molecule has 0 aromatic rings. The van der Waals surface area contributed by atoms with E-state index in [1.54, 1.807) is 7.11 Å². The number of nitrogens with one attached hydrogen (secondary N) is 2. The molecule has 1 saturated carbocycles. The van der Waals surface area contributed by atoms with E-state index in [1.807, 2.05) is 13.8 Å². The number of urea groups is 1. The van der Waals surface area contributed by atoms with Crippen LogP contribution in [0.1, 0.15) is 46.0 Å². The largest absolute Gasteiger partial charge is 0.481 e. The Morgan fingerprint density at radius 1 is 1.29 bits per heavy atom. The Morgan fingerprint density at radius 3 is 2.38 bits per heavy atom. The van der Waals surface area contributed by atoms with E-state index in [0.717, 1.165) is 25.7 Å². The van der Waals surface area contributed by atoms with Gasteiger partial charge in [0.05, 0.1) is 5.60 Å². The Kier molecular flexibility index (Phi) is 6.95. The number of hydrogen-bond acceptors (Lipinski definition) is 3. The van der Waals surface area contributed by atoms with Crippen LogP contribution in [0.4, 0.5) is 4.79 Å². The smallest absolute Gasteiger partial charge is 0.314 e. The molecule has 1 aliphatic carbocycles. The van der Waals surface area contributed by atoms with Crippen LogP contribution in [-0.2, 0) is 9.53 Å². The lowest BCUT2D eigenvalue weighted by Gasteiger charge is -2.40. The molecule has 1 atom stereocenters. The topological polar surface area (TPSA) is 87.7 Å². The van der Waals surface area contributed by atoms with Crippen molar-refractivity contribution in [2.75, 3.05) is 20.2 Å². The van der Waals surface area contributed by atoms with Crippen LogP contribution in [0.5, 0.6) is 0 Å². The standard InChI is InChI=1S/C15H28N2O4/c1-11(2)7-12(8-13(18)19)9-16-14(20)17-10-15(21-3)5-4-6-15/h11-12H,4-10H2,1-3H3,(H,18,19)(H2,16,17,20)/t12-/m0/s1. The minimum atomic E-state index is -0.823. The maximum absolute atomic E-state index is 11.8. The van der Waals surface area contributed by atoms with Crippen molar-refractivity contribution in [3.63, 3.8) is 0 Å². The first-order valence-electron chi connectivity index (χ1n) is 7.65. The van der Waals surface area contributed by atoms with Crippen LogP contribution in [0.2, 0.25) is 0 Å². The molecular weight excluding hydrogens is 272 g/mol. The number of carbonyl (C=O) groups excluding carboxylic acids is 1. The molecule has 0 radical (unpaired) electrons. The van der Waals surface area contributed by atoms with E-state index in [-0.39, 0.29) is 24.0 Å². The third kappa shape index (κ3) is 6.33. The summed E-state index contributed by atoms with van der Waals surface area (Å²) in [7, 11) is 1.67. The zero-order chi connectivity index (χ0) is 15.9. The fourth-order valence-corrected chi connectivity index (χ4v) is 2.72. The summed E-state index contributed by atoms with van der Waals surface area (Å²) in [5.74, 6) is -0.449. The molecule has 0 bridgehead atoms. The lowest BCUT2D eigenvalue weighted by Crippen LogP contribution is -2.51. The van der Waals surface area contributed by atoms with Gasteiger partial charge in [-0.2, -0.15) is 0 Å². The maximum atomic E-state index is 11.8. The van der Waals surface area contributed by atoms with Crippen molar-refractivity contribution in [3.8, 4) is 0 Å². The monoisotopic (exact) mass is 300 g/mol. The Labute approximate surface area is 126 Å². The molecule has 0 aromatic carbocycles. The SMILES string of the molecule is COC1(CNC(=O)NC[C@H](CC(=O)O)CC(C)C)CCC1. The van der Waals surface area contributed by atoms with Crippen LogP contribution in [0, 0.1) is 11.8 Å². The van der Waals surface area contributed by atoms with Crippen LogP contribution in [-0.4, -0.2) is 42.9 Å². The van der Waals surface area contributed by atoms with Crippen molar-refractivity contribution in [1.29, 1.82) is 0 Å². The Hall–Kier alpha value is -1.30. The zero-order valence-corrected chi connectivity index (χ0v) is 13.3. The number of carboxylic acids is 1. The van der Waals surface area contributed by atoms with Gasteiger partial charge in [0.15, 0.2) is 0 Å². The number of aliphatic carboxylic acids is 1. The second-order valence-electron chi connectivity index (χ2n) is 6.40. The molecule has 1 rings (SSSR count). The van der Waals surface area contributed by atoms with Gasteiger partial charge in [-0.05, 0) is 37.5 Å². The molecule has 1 aliphatic rings. The van der Waals surface area contributed by atoms with Crippen molar-refractivity contribution >= 4 is 12.0 Å². The van der Waals surface area contributed by atoms with Crippen LogP contribution >= 0.6 is 0 Å². The summed E-state index contributed by atoms with van der Waals surface area (Å²) in [6, 6.07) is -0.252. The molecular formula is C15H28N2O4. The van der Waals surface area contributed by atoms with Gasteiger partial charge in [0.25, 0.3) is 0 Å². The highest BCUT2D eigenvalue weighted by atomic mass is 16.5. The number of carbonyl (C=O) groups is 2. The highest BCUT2D eigenvalue weighted by Crippen LogP contribution is 2.34. The van der Waals surface area contributed by atoms with Gasteiger partial charge in [0.2, 0.25) is 0 Å². The second kappa shape index (κ2) is 8.22. The average molecular weight is 300 g/mol. The molecule has 21 heavy (non-hydrogen) atoms. The zero-order valence-electron chi connectivity index (χ0n) is 13.3.